The molecule has 120 valence electrons. The Hall–Kier alpha value is -2.92. The van der Waals surface area contributed by atoms with E-state index in [-0.39, 0.29) is 16.4 Å². The van der Waals surface area contributed by atoms with Crippen LogP contribution < -0.4 is 4.72 Å². The average molecular weight is 337 g/mol. The molecule has 3 aromatic rings. The molecule has 0 aliphatic heterocycles. The van der Waals surface area contributed by atoms with E-state index in [9.17, 15) is 13.2 Å². The van der Waals surface area contributed by atoms with Crippen molar-refractivity contribution >= 4 is 21.5 Å². The zero-order valence-electron chi connectivity index (χ0n) is 12.7. The number of hydrogen-bond donors (Lipinski definition) is 1. The van der Waals surface area contributed by atoms with Gasteiger partial charge in [0.15, 0.2) is 5.78 Å². The average Bonchev–Trinajstić information content (AvgIpc) is 2.63. The minimum Gasteiger partial charge on any atom is -0.289 e. The number of benzene rings is 3. The normalized spacial score (nSPS) is 11.0. The molecule has 0 radical (unpaired) electrons. The SMILES string of the molecule is O=C(c1ccccc1)c1ccccc1NS(=O)(=O)c1ccccc1. The Morgan fingerprint density at radius 3 is 1.92 bits per heavy atom. The van der Waals surface area contributed by atoms with Gasteiger partial charge in [0.1, 0.15) is 0 Å². The largest absolute Gasteiger partial charge is 0.289 e. The lowest BCUT2D eigenvalue weighted by Gasteiger charge is -2.12. The second kappa shape index (κ2) is 6.68. The molecule has 0 saturated carbocycles. The molecule has 0 atom stereocenters. The highest BCUT2D eigenvalue weighted by Crippen LogP contribution is 2.22. The first kappa shape index (κ1) is 16.0. The first-order valence-corrected chi connectivity index (χ1v) is 8.83. The van der Waals surface area contributed by atoms with Gasteiger partial charge in [-0.25, -0.2) is 8.42 Å². The van der Waals surface area contributed by atoms with Gasteiger partial charge in [-0.05, 0) is 24.3 Å². The Morgan fingerprint density at radius 2 is 1.25 bits per heavy atom. The van der Waals surface area contributed by atoms with E-state index in [0.717, 1.165) is 0 Å². The van der Waals surface area contributed by atoms with Crippen LogP contribution in [0.15, 0.2) is 89.8 Å². The first-order chi connectivity index (χ1) is 11.6. The van der Waals surface area contributed by atoms with E-state index in [1.54, 1.807) is 66.7 Å². The Bertz CT molecular complexity index is 952. The van der Waals surface area contributed by atoms with E-state index in [0.29, 0.717) is 11.1 Å². The Morgan fingerprint density at radius 1 is 0.708 bits per heavy atom. The van der Waals surface area contributed by atoms with Gasteiger partial charge in [0.2, 0.25) is 0 Å². The molecule has 0 aliphatic carbocycles. The number of nitrogens with one attached hydrogen (secondary N) is 1. The second-order valence-electron chi connectivity index (χ2n) is 5.16. The maximum absolute atomic E-state index is 12.7. The molecule has 5 heteroatoms. The summed E-state index contributed by atoms with van der Waals surface area (Å²) in [6.45, 7) is 0. The predicted octanol–water partition coefficient (Wildman–Crippen LogP) is 3.72. The number of rotatable bonds is 5. The third-order valence-corrected chi connectivity index (χ3v) is 4.89. The highest BCUT2D eigenvalue weighted by Gasteiger charge is 2.18. The third-order valence-electron chi connectivity index (χ3n) is 3.51. The first-order valence-electron chi connectivity index (χ1n) is 7.34. The molecule has 0 heterocycles. The van der Waals surface area contributed by atoms with Crippen LogP contribution in [0.5, 0.6) is 0 Å². The summed E-state index contributed by atoms with van der Waals surface area (Å²) in [7, 11) is -3.75. The summed E-state index contributed by atoms with van der Waals surface area (Å²) in [4.78, 5) is 12.8. The molecule has 0 unspecified atom stereocenters. The molecule has 0 spiro atoms. The highest BCUT2D eigenvalue weighted by atomic mass is 32.2. The van der Waals surface area contributed by atoms with Crippen molar-refractivity contribution in [2.45, 2.75) is 4.90 Å². The van der Waals surface area contributed by atoms with Crippen molar-refractivity contribution in [3.63, 3.8) is 0 Å². The molecular formula is C19H15NO3S. The summed E-state index contributed by atoms with van der Waals surface area (Å²) < 4.78 is 27.5. The Balaban J connectivity index is 1.97. The highest BCUT2D eigenvalue weighted by molar-refractivity contribution is 7.92. The third kappa shape index (κ3) is 3.36. The quantitative estimate of drug-likeness (QED) is 0.722. The molecule has 3 aromatic carbocycles. The maximum atomic E-state index is 12.7. The zero-order valence-corrected chi connectivity index (χ0v) is 13.5. The smallest absolute Gasteiger partial charge is 0.261 e. The number of carbonyl (C=O) groups is 1. The van der Waals surface area contributed by atoms with E-state index >= 15 is 0 Å². The minimum absolute atomic E-state index is 0.145. The van der Waals surface area contributed by atoms with E-state index in [4.69, 9.17) is 0 Å². The van der Waals surface area contributed by atoms with Crippen LogP contribution in [-0.2, 0) is 10.0 Å². The lowest BCUT2D eigenvalue weighted by Crippen LogP contribution is -2.15. The van der Waals surface area contributed by atoms with Crippen molar-refractivity contribution in [2.24, 2.45) is 0 Å². The lowest BCUT2D eigenvalue weighted by atomic mass is 10.0. The van der Waals surface area contributed by atoms with Crippen LogP contribution in [0, 0.1) is 0 Å². The molecule has 4 nitrogen and oxygen atoms in total. The van der Waals surface area contributed by atoms with Gasteiger partial charge in [0.05, 0.1) is 10.6 Å². The summed E-state index contributed by atoms with van der Waals surface area (Å²) in [5, 5.41) is 0. The number of para-hydroxylation sites is 1. The summed E-state index contributed by atoms with van der Waals surface area (Å²) in [5.74, 6) is -0.234. The van der Waals surface area contributed by atoms with E-state index in [1.807, 2.05) is 6.07 Å². The van der Waals surface area contributed by atoms with Crippen LogP contribution >= 0.6 is 0 Å². The van der Waals surface area contributed by atoms with Crippen LogP contribution in [0.25, 0.3) is 0 Å². The molecule has 0 aliphatic rings. The number of hydrogen-bond acceptors (Lipinski definition) is 3. The Labute approximate surface area is 140 Å². The fourth-order valence-electron chi connectivity index (χ4n) is 2.32. The van der Waals surface area contributed by atoms with Crippen LogP contribution in [-0.4, -0.2) is 14.2 Å². The van der Waals surface area contributed by atoms with E-state index in [2.05, 4.69) is 4.72 Å². The van der Waals surface area contributed by atoms with E-state index < -0.39 is 10.0 Å². The van der Waals surface area contributed by atoms with Gasteiger partial charge < -0.3 is 0 Å². The van der Waals surface area contributed by atoms with Crippen molar-refractivity contribution in [3.05, 3.63) is 96.1 Å². The molecule has 0 aromatic heterocycles. The summed E-state index contributed by atoms with van der Waals surface area (Å²) >= 11 is 0. The van der Waals surface area contributed by atoms with Crippen molar-refractivity contribution in [1.29, 1.82) is 0 Å². The van der Waals surface area contributed by atoms with Crippen molar-refractivity contribution in [2.75, 3.05) is 4.72 Å². The number of sulfonamides is 1. The van der Waals surface area contributed by atoms with Crippen LogP contribution in [0.2, 0.25) is 0 Å². The summed E-state index contributed by atoms with van der Waals surface area (Å²) in [5.41, 5.74) is 1.07. The molecular weight excluding hydrogens is 322 g/mol. The lowest BCUT2D eigenvalue weighted by molar-refractivity contribution is 0.103. The minimum atomic E-state index is -3.75. The summed E-state index contributed by atoms with van der Waals surface area (Å²) in [6, 6.07) is 23.4. The number of carbonyl (C=O) groups excluding carboxylic acids is 1. The Kier molecular flexibility index (Phi) is 4.44. The van der Waals surface area contributed by atoms with Crippen molar-refractivity contribution in [3.8, 4) is 0 Å². The summed E-state index contributed by atoms with van der Waals surface area (Å²) in [6.07, 6.45) is 0. The van der Waals surface area contributed by atoms with Crippen LogP contribution in [0.4, 0.5) is 5.69 Å². The van der Waals surface area contributed by atoms with Gasteiger partial charge in [-0.15, -0.1) is 0 Å². The number of ketones is 1. The predicted molar refractivity (Wildman–Crippen MR) is 93.6 cm³/mol. The van der Waals surface area contributed by atoms with Crippen molar-refractivity contribution < 1.29 is 13.2 Å². The van der Waals surface area contributed by atoms with Crippen LogP contribution in [0.3, 0.4) is 0 Å². The van der Waals surface area contributed by atoms with E-state index in [1.165, 1.54) is 12.1 Å². The van der Waals surface area contributed by atoms with Gasteiger partial charge in [-0.3, -0.25) is 9.52 Å². The molecule has 0 amide bonds. The molecule has 1 N–H and O–H groups in total. The topological polar surface area (TPSA) is 63.2 Å². The molecule has 0 bridgehead atoms. The standard InChI is InChI=1S/C19H15NO3S/c21-19(15-9-3-1-4-10-15)17-13-7-8-14-18(17)20-24(22,23)16-11-5-2-6-12-16/h1-14,20H. The van der Waals surface area contributed by atoms with Gasteiger partial charge >= 0.3 is 0 Å². The molecule has 3 rings (SSSR count). The van der Waals surface area contributed by atoms with Gasteiger partial charge in [0, 0.05) is 11.1 Å². The molecule has 0 fully saturated rings. The number of anilines is 1. The van der Waals surface area contributed by atoms with Crippen LogP contribution in [0.1, 0.15) is 15.9 Å². The van der Waals surface area contributed by atoms with Crippen molar-refractivity contribution in [1.82, 2.24) is 0 Å². The van der Waals surface area contributed by atoms with Gasteiger partial charge in [0.25, 0.3) is 10.0 Å². The molecule has 24 heavy (non-hydrogen) atoms. The fraction of sp³-hybridized carbons (Fsp3) is 0. The zero-order chi connectivity index (χ0) is 17.0. The maximum Gasteiger partial charge on any atom is 0.261 e. The molecule has 0 saturated heterocycles. The van der Waals surface area contributed by atoms with Gasteiger partial charge in [-0.2, -0.15) is 0 Å². The fourth-order valence-corrected chi connectivity index (χ4v) is 3.42. The second-order valence-corrected chi connectivity index (χ2v) is 6.84. The van der Waals surface area contributed by atoms with Gasteiger partial charge in [-0.1, -0.05) is 60.7 Å². The monoisotopic (exact) mass is 337 g/mol.